The molecule has 1 saturated heterocycles. The molecule has 0 aliphatic carbocycles. The number of likely N-dealkylation sites (N-methyl/N-ethyl adjacent to an activating group) is 1. The summed E-state index contributed by atoms with van der Waals surface area (Å²) in [6.45, 7) is 2.79. The van der Waals surface area contributed by atoms with Gasteiger partial charge in [0, 0.05) is 25.7 Å². The topological polar surface area (TPSA) is 113 Å². The molecular weight excluding hydrogens is 434 g/mol. The zero-order valence-corrected chi connectivity index (χ0v) is 18.8. The van der Waals surface area contributed by atoms with Crippen LogP contribution in [0.1, 0.15) is 30.1 Å². The Labute approximate surface area is 181 Å². The van der Waals surface area contributed by atoms with Crippen LogP contribution in [0.2, 0.25) is 5.02 Å². The van der Waals surface area contributed by atoms with Crippen molar-refractivity contribution in [1.82, 2.24) is 9.80 Å². The number of anilines is 1. The molecule has 11 heteroatoms. The van der Waals surface area contributed by atoms with Crippen LogP contribution < -0.4 is 4.72 Å². The number of piperidine rings is 1. The lowest BCUT2D eigenvalue weighted by molar-refractivity contribution is -0.151. The molecule has 0 saturated carbocycles. The summed E-state index contributed by atoms with van der Waals surface area (Å²) in [5, 5.41) is 0.153. The van der Waals surface area contributed by atoms with E-state index in [1.165, 1.54) is 30.1 Å². The Hall–Kier alpha value is -2.33. The van der Waals surface area contributed by atoms with E-state index >= 15 is 0 Å². The average Bonchev–Trinajstić information content (AvgIpc) is 2.68. The van der Waals surface area contributed by atoms with E-state index in [0.29, 0.717) is 32.5 Å². The van der Waals surface area contributed by atoms with Gasteiger partial charge >= 0.3 is 5.97 Å². The summed E-state index contributed by atoms with van der Waals surface area (Å²) in [6, 6.07) is 4.21. The van der Waals surface area contributed by atoms with E-state index in [9.17, 15) is 22.8 Å². The standard InChI is InChI=1S/C19H26ClN3O6S/c1-4-29-19(26)13-7-9-23(10-8-13)17(24)12-22(2)18(25)14-5-6-15(20)16(11-14)21-30(3,27)28/h5-6,11,13,21H,4,7-10,12H2,1-3H3. The van der Waals surface area contributed by atoms with Gasteiger partial charge < -0.3 is 14.5 Å². The smallest absolute Gasteiger partial charge is 0.309 e. The summed E-state index contributed by atoms with van der Waals surface area (Å²) in [7, 11) is -2.07. The molecule has 2 rings (SSSR count). The predicted octanol–water partition coefficient (Wildman–Crippen LogP) is 1.59. The Morgan fingerprint density at radius 1 is 1.27 bits per heavy atom. The molecule has 0 aromatic heterocycles. The van der Waals surface area contributed by atoms with Gasteiger partial charge in [-0.15, -0.1) is 0 Å². The Kier molecular flexibility index (Phi) is 8.08. The normalized spacial score (nSPS) is 14.9. The number of hydrogen-bond donors (Lipinski definition) is 1. The van der Waals surface area contributed by atoms with Crippen molar-refractivity contribution in [2.45, 2.75) is 19.8 Å². The average molecular weight is 460 g/mol. The summed E-state index contributed by atoms with van der Waals surface area (Å²) in [6.07, 6.45) is 2.04. The lowest BCUT2D eigenvalue weighted by atomic mass is 9.97. The SMILES string of the molecule is CCOC(=O)C1CCN(C(=O)CN(C)C(=O)c2ccc(Cl)c(NS(C)(=O)=O)c2)CC1. The third kappa shape index (κ3) is 6.60. The molecule has 1 fully saturated rings. The number of benzene rings is 1. The van der Waals surface area contributed by atoms with Crippen LogP contribution in [0.3, 0.4) is 0 Å². The fraction of sp³-hybridized carbons (Fsp3) is 0.526. The first-order chi connectivity index (χ1) is 14.0. The van der Waals surface area contributed by atoms with Gasteiger partial charge in [-0.2, -0.15) is 0 Å². The first-order valence-corrected chi connectivity index (χ1v) is 11.8. The van der Waals surface area contributed by atoms with Gasteiger partial charge in [0.25, 0.3) is 5.91 Å². The highest BCUT2D eigenvalue weighted by Gasteiger charge is 2.29. The van der Waals surface area contributed by atoms with Crippen LogP contribution in [0.4, 0.5) is 5.69 Å². The molecular formula is C19H26ClN3O6S. The first kappa shape index (κ1) is 23.9. The van der Waals surface area contributed by atoms with Crippen molar-refractivity contribution in [3.05, 3.63) is 28.8 Å². The highest BCUT2D eigenvalue weighted by molar-refractivity contribution is 7.92. The van der Waals surface area contributed by atoms with E-state index in [2.05, 4.69) is 4.72 Å². The molecule has 0 atom stereocenters. The number of rotatable bonds is 7. The molecule has 1 aromatic rings. The Morgan fingerprint density at radius 3 is 2.47 bits per heavy atom. The number of carbonyl (C=O) groups excluding carboxylic acids is 3. The summed E-state index contributed by atoms with van der Waals surface area (Å²) in [5.41, 5.74) is 0.285. The zero-order valence-electron chi connectivity index (χ0n) is 17.2. The monoisotopic (exact) mass is 459 g/mol. The summed E-state index contributed by atoms with van der Waals surface area (Å²) in [4.78, 5) is 39.9. The number of hydrogen-bond acceptors (Lipinski definition) is 6. The van der Waals surface area contributed by atoms with Crippen molar-refractivity contribution in [3.63, 3.8) is 0 Å². The van der Waals surface area contributed by atoms with Gasteiger partial charge in [0.15, 0.2) is 0 Å². The van der Waals surface area contributed by atoms with Gasteiger partial charge in [0.2, 0.25) is 15.9 Å². The van der Waals surface area contributed by atoms with Crippen molar-refractivity contribution in [3.8, 4) is 0 Å². The third-order valence-corrected chi connectivity index (χ3v) is 5.62. The van der Waals surface area contributed by atoms with E-state index in [-0.39, 0.29) is 40.6 Å². The van der Waals surface area contributed by atoms with Crippen LogP contribution in [-0.4, -0.2) is 75.5 Å². The van der Waals surface area contributed by atoms with Gasteiger partial charge in [0.05, 0.1) is 36.0 Å². The second kappa shape index (κ2) is 10.1. The summed E-state index contributed by atoms with van der Waals surface area (Å²) >= 11 is 5.98. The van der Waals surface area contributed by atoms with Crippen molar-refractivity contribution in [1.29, 1.82) is 0 Å². The largest absolute Gasteiger partial charge is 0.466 e. The number of nitrogens with one attached hydrogen (secondary N) is 1. The molecule has 0 bridgehead atoms. The number of carbonyl (C=O) groups is 3. The molecule has 0 radical (unpaired) electrons. The molecule has 1 aliphatic heterocycles. The van der Waals surface area contributed by atoms with Gasteiger partial charge in [0.1, 0.15) is 0 Å². The maximum atomic E-state index is 12.7. The lowest BCUT2D eigenvalue weighted by Gasteiger charge is -2.32. The van der Waals surface area contributed by atoms with E-state index in [4.69, 9.17) is 16.3 Å². The molecule has 0 unspecified atom stereocenters. The van der Waals surface area contributed by atoms with E-state index in [1.807, 2.05) is 0 Å². The van der Waals surface area contributed by atoms with Gasteiger partial charge in [-0.05, 0) is 38.0 Å². The highest BCUT2D eigenvalue weighted by atomic mass is 35.5. The van der Waals surface area contributed by atoms with Gasteiger partial charge in [-0.1, -0.05) is 11.6 Å². The summed E-state index contributed by atoms with van der Waals surface area (Å²) < 4.78 is 30.2. The molecule has 1 aliphatic rings. The van der Waals surface area contributed by atoms with Crippen molar-refractivity contribution in [2.75, 3.05) is 44.3 Å². The number of nitrogens with zero attached hydrogens (tertiary/aromatic N) is 2. The summed E-state index contributed by atoms with van der Waals surface area (Å²) in [5.74, 6) is -1.11. The van der Waals surface area contributed by atoms with E-state index < -0.39 is 15.9 Å². The maximum absolute atomic E-state index is 12.7. The quantitative estimate of drug-likeness (QED) is 0.619. The number of amides is 2. The minimum absolute atomic E-state index is 0.0887. The first-order valence-electron chi connectivity index (χ1n) is 9.49. The van der Waals surface area contributed by atoms with E-state index in [1.54, 1.807) is 11.8 Å². The number of ether oxygens (including phenoxy) is 1. The molecule has 166 valence electrons. The van der Waals surface area contributed by atoms with Crippen molar-refractivity contribution >= 4 is 45.1 Å². The van der Waals surface area contributed by atoms with Crippen LogP contribution in [0.25, 0.3) is 0 Å². The predicted molar refractivity (Wildman–Crippen MR) is 113 cm³/mol. The second-order valence-electron chi connectivity index (χ2n) is 7.14. The fourth-order valence-electron chi connectivity index (χ4n) is 3.16. The van der Waals surface area contributed by atoms with Crippen molar-refractivity contribution in [2.24, 2.45) is 5.92 Å². The molecule has 1 aromatic carbocycles. The molecule has 1 N–H and O–H groups in total. The highest BCUT2D eigenvalue weighted by Crippen LogP contribution is 2.25. The fourth-order valence-corrected chi connectivity index (χ4v) is 3.95. The minimum atomic E-state index is -3.56. The third-order valence-electron chi connectivity index (χ3n) is 4.70. The number of sulfonamides is 1. The molecule has 0 spiro atoms. The maximum Gasteiger partial charge on any atom is 0.309 e. The van der Waals surface area contributed by atoms with Crippen molar-refractivity contribution < 1.29 is 27.5 Å². The zero-order chi connectivity index (χ0) is 22.5. The Balaban J connectivity index is 1.97. The number of likely N-dealkylation sites (tertiary alicyclic amines) is 1. The Bertz CT molecular complexity index is 913. The molecule has 2 amide bonds. The van der Waals surface area contributed by atoms with Crippen LogP contribution in [0, 0.1) is 5.92 Å². The molecule has 1 heterocycles. The minimum Gasteiger partial charge on any atom is -0.466 e. The molecule has 9 nitrogen and oxygen atoms in total. The number of halogens is 1. The van der Waals surface area contributed by atoms with Crippen LogP contribution in [0.15, 0.2) is 18.2 Å². The van der Waals surface area contributed by atoms with E-state index in [0.717, 1.165) is 6.26 Å². The second-order valence-corrected chi connectivity index (χ2v) is 9.29. The van der Waals surface area contributed by atoms with Crippen LogP contribution in [-0.2, 0) is 24.3 Å². The van der Waals surface area contributed by atoms with Crippen LogP contribution in [0.5, 0.6) is 0 Å². The lowest BCUT2D eigenvalue weighted by Crippen LogP contribution is -2.45. The van der Waals surface area contributed by atoms with Crippen LogP contribution >= 0.6 is 11.6 Å². The molecule has 30 heavy (non-hydrogen) atoms. The van der Waals surface area contributed by atoms with Gasteiger partial charge in [-0.25, -0.2) is 8.42 Å². The number of esters is 1. The van der Waals surface area contributed by atoms with Gasteiger partial charge in [-0.3, -0.25) is 19.1 Å². The Morgan fingerprint density at radius 2 is 1.90 bits per heavy atom.